The van der Waals surface area contributed by atoms with E-state index in [1.54, 1.807) is 7.11 Å². The number of anilines is 1. The molecule has 2 saturated heterocycles. The lowest BCUT2D eigenvalue weighted by atomic mass is 10.0. The van der Waals surface area contributed by atoms with Crippen molar-refractivity contribution >= 4 is 24.5 Å². The maximum atomic E-state index is 15.3. The van der Waals surface area contributed by atoms with Gasteiger partial charge in [-0.25, -0.2) is 4.67 Å². The fourth-order valence-electron chi connectivity index (χ4n) is 5.76. The molecule has 0 aliphatic carbocycles. The van der Waals surface area contributed by atoms with Crippen molar-refractivity contribution in [2.75, 3.05) is 24.9 Å². The highest BCUT2D eigenvalue weighted by Crippen LogP contribution is 2.64. The van der Waals surface area contributed by atoms with E-state index in [1.165, 1.54) is 0 Å². The Bertz CT molecular complexity index is 1500. The molecule has 2 aliphatic rings. The molecule has 2 heterocycles. The summed E-state index contributed by atoms with van der Waals surface area (Å²) in [6, 6.07) is 32.8. The Hall–Kier alpha value is -3.79. The van der Waals surface area contributed by atoms with Gasteiger partial charge in [0, 0.05) is 24.8 Å². The van der Waals surface area contributed by atoms with Gasteiger partial charge in [0.1, 0.15) is 23.4 Å². The highest BCUT2D eigenvalue weighted by atomic mass is 31.2. The van der Waals surface area contributed by atoms with Gasteiger partial charge in [0.25, 0.3) is 7.44 Å². The highest BCUT2D eigenvalue weighted by Gasteiger charge is 2.54. The number of benzene rings is 4. The molecule has 6 heteroatoms. The fourth-order valence-corrected chi connectivity index (χ4v) is 9.31. The maximum Gasteiger partial charge on any atom is 0.276 e. The summed E-state index contributed by atoms with van der Waals surface area (Å²) in [4.78, 5) is 0. The first kappa shape index (κ1) is 25.5. The minimum absolute atomic E-state index is 0.252. The van der Waals surface area contributed by atoms with E-state index in [0.717, 1.165) is 53.9 Å². The largest absolute Gasteiger partial charge is 0.496 e. The molecule has 2 atom stereocenters. The normalized spacial score (nSPS) is 20.5. The average molecular weight is 537 g/mol. The number of nitrogens with zero attached hydrogens (tertiary/aromatic N) is 2. The molecule has 0 saturated carbocycles. The van der Waals surface area contributed by atoms with Crippen molar-refractivity contribution < 1.29 is 14.0 Å². The van der Waals surface area contributed by atoms with Crippen molar-refractivity contribution in [1.29, 1.82) is 0 Å². The Morgan fingerprint density at radius 2 is 1.59 bits per heavy atom. The van der Waals surface area contributed by atoms with Crippen LogP contribution in [0.4, 0.5) is 5.69 Å². The molecule has 0 amide bonds. The first-order valence-electron chi connectivity index (χ1n) is 13.4. The monoisotopic (exact) mass is 536 g/mol. The van der Waals surface area contributed by atoms with Crippen LogP contribution in [-0.4, -0.2) is 30.9 Å². The Morgan fingerprint density at radius 3 is 2.28 bits per heavy atom. The predicted molar refractivity (Wildman–Crippen MR) is 160 cm³/mol. The SMILES string of the molecule is C=Cc1ccc(-c2ccc(COc3cccc(OC)c3P3(=O)N(c4ccccc4)CC4CCCN43)cc2)cc1. The third kappa shape index (κ3) is 4.67. The molecule has 4 aromatic carbocycles. The van der Waals surface area contributed by atoms with E-state index in [0.29, 0.717) is 23.4 Å². The molecule has 39 heavy (non-hydrogen) atoms. The van der Waals surface area contributed by atoms with E-state index >= 15 is 4.57 Å². The van der Waals surface area contributed by atoms with Crippen LogP contribution >= 0.6 is 7.44 Å². The standard InChI is InChI=1S/C33H33N2O3P/c1-3-25-14-18-27(19-15-25)28-20-16-26(17-21-28)24-38-32-13-7-12-31(37-2)33(32)39(36)34-22-8-11-30(34)23-35(39)29-9-5-4-6-10-29/h3-7,9-10,12-21,30H,1,8,11,22-24H2,2H3. The van der Waals surface area contributed by atoms with Gasteiger partial charge in [0.2, 0.25) is 0 Å². The molecule has 0 bridgehead atoms. The molecule has 6 rings (SSSR count). The zero-order valence-electron chi connectivity index (χ0n) is 22.2. The topological polar surface area (TPSA) is 42.0 Å². The molecule has 5 nitrogen and oxygen atoms in total. The van der Waals surface area contributed by atoms with E-state index in [4.69, 9.17) is 9.47 Å². The molecule has 0 N–H and O–H groups in total. The Morgan fingerprint density at radius 1 is 0.897 bits per heavy atom. The summed E-state index contributed by atoms with van der Waals surface area (Å²) in [6.07, 6.45) is 3.94. The van der Waals surface area contributed by atoms with E-state index < -0.39 is 7.44 Å². The van der Waals surface area contributed by atoms with Gasteiger partial charge in [-0.1, -0.05) is 85.5 Å². The smallest absolute Gasteiger partial charge is 0.276 e. The summed E-state index contributed by atoms with van der Waals surface area (Å²) in [5, 5.41) is 0.652. The molecular formula is C33H33N2O3P. The maximum absolute atomic E-state index is 15.3. The Kier molecular flexibility index (Phi) is 7.03. The summed E-state index contributed by atoms with van der Waals surface area (Å²) in [5.41, 5.74) is 5.40. The van der Waals surface area contributed by atoms with Crippen molar-refractivity contribution in [2.24, 2.45) is 0 Å². The second kappa shape index (κ2) is 10.8. The molecule has 2 fully saturated rings. The number of rotatable bonds is 8. The molecule has 0 aromatic heterocycles. The van der Waals surface area contributed by atoms with Gasteiger partial charge in [-0.2, -0.15) is 0 Å². The summed E-state index contributed by atoms with van der Waals surface area (Å²) < 4.78 is 31.9. The second-order valence-electron chi connectivity index (χ2n) is 10.0. The highest BCUT2D eigenvalue weighted by molar-refractivity contribution is 7.71. The lowest BCUT2D eigenvalue weighted by molar-refractivity contribution is 0.306. The Balaban J connectivity index is 1.31. The van der Waals surface area contributed by atoms with Crippen molar-refractivity contribution in [2.45, 2.75) is 25.5 Å². The molecule has 4 aromatic rings. The molecule has 0 radical (unpaired) electrons. The predicted octanol–water partition coefficient (Wildman–Crippen LogP) is 7.39. The third-order valence-corrected chi connectivity index (χ3v) is 11.1. The van der Waals surface area contributed by atoms with E-state index in [-0.39, 0.29) is 6.04 Å². The van der Waals surface area contributed by atoms with Crippen LogP contribution in [0, 0.1) is 0 Å². The zero-order chi connectivity index (χ0) is 26.8. The first-order chi connectivity index (χ1) is 19.1. The van der Waals surface area contributed by atoms with Crippen LogP contribution in [0.15, 0.2) is 104 Å². The van der Waals surface area contributed by atoms with Crippen LogP contribution in [0.25, 0.3) is 17.2 Å². The van der Waals surface area contributed by atoms with Crippen LogP contribution in [0.3, 0.4) is 0 Å². The third-order valence-electron chi connectivity index (χ3n) is 7.76. The van der Waals surface area contributed by atoms with Crippen LogP contribution in [-0.2, 0) is 11.2 Å². The van der Waals surface area contributed by atoms with Gasteiger partial charge < -0.3 is 14.1 Å². The van der Waals surface area contributed by atoms with Gasteiger partial charge >= 0.3 is 0 Å². The molecule has 198 valence electrons. The molecule has 0 spiro atoms. The fraction of sp³-hybridized carbons (Fsp3) is 0.212. The van der Waals surface area contributed by atoms with Crippen molar-refractivity contribution in [3.8, 4) is 22.6 Å². The lowest BCUT2D eigenvalue weighted by Crippen LogP contribution is -2.29. The van der Waals surface area contributed by atoms with Gasteiger partial charge in [-0.3, -0.25) is 4.57 Å². The van der Waals surface area contributed by atoms with Crippen molar-refractivity contribution in [1.82, 2.24) is 4.67 Å². The van der Waals surface area contributed by atoms with Crippen LogP contribution in [0.2, 0.25) is 0 Å². The second-order valence-corrected chi connectivity index (χ2v) is 12.6. The number of para-hydroxylation sites is 1. The van der Waals surface area contributed by atoms with Gasteiger partial charge in [-0.05, 0) is 59.4 Å². The summed E-state index contributed by atoms with van der Waals surface area (Å²) in [6.45, 7) is 5.73. The van der Waals surface area contributed by atoms with Gasteiger partial charge in [0.05, 0.1) is 7.11 Å². The van der Waals surface area contributed by atoms with Crippen molar-refractivity contribution in [3.05, 3.63) is 115 Å². The van der Waals surface area contributed by atoms with Crippen molar-refractivity contribution in [3.63, 3.8) is 0 Å². The number of ether oxygens (including phenoxy) is 2. The lowest BCUT2D eigenvalue weighted by Gasteiger charge is -2.33. The molecule has 2 unspecified atom stereocenters. The van der Waals surface area contributed by atoms with Crippen LogP contribution < -0.4 is 19.4 Å². The number of hydrogen-bond acceptors (Lipinski definition) is 3. The summed E-state index contributed by atoms with van der Waals surface area (Å²) >= 11 is 0. The summed E-state index contributed by atoms with van der Waals surface area (Å²) in [7, 11) is -1.58. The first-order valence-corrected chi connectivity index (χ1v) is 15.1. The molecular weight excluding hydrogens is 503 g/mol. The van der Waals surface area contributed by atoms with E-state index in [2.05, 4.69) is 64.5 Å². The minimum Gasteiger partial charge on any atom is -0.496 e. The molecule has 2 aliphatic heterocycles. The quantitative estimate of drug-likeness (QED) is 0.220. The van der Waals surface area contributed by atoms with E-state index in [9.17, 15) is 0 Å². The van der Waals surface area contributed by atoms with Gasteiger partial charge in [-0.15, -0.1) is 0 Å². The number of methoxy groups -OCH3 is 1. The number of hydrogen-bond donors (Lipinski definition) is 0. The van der Waals surface area contributed by atoms with Crippen LogP contribution in [0.5, 0.6) is 11.5 Å². The Labute approximate surface area is 230 Å². The van der Waals surface area contributed by atoms with Crippen LogP contribution in [0.1, 0.15) is 24.0 Å². The minimum atomic E-state index is -3.22. The number of fused-ring (bicyclic) bond motifs is 1. The van der Waals surface area contributed by atoms with E-state index in [1.807, 2.05) is 54.6 Å². The van der Waals surface area contributed by atoms with Gasteiger partial charge in [0.15, 0.2) is 0 Å². The average Bonchev–Trinajstić information content (AvgIpc) is 3.58. The summed E-state index contributed by atoms with van der Waals surface area (Å²) in [5.74, 6) is 1.21. The zero-order valence-corrected chi connectivity index (χ0v) is 23.1.